The summed E-state index contributed by atoms with van der Waals surface area (Å²) in [4.78, 5) is 5.05. The summed E-state index contributed by atoms with van der Waals surface area (Å²) in [5.74, 6) is 0.915. The first-order valence-electron chi connectivity index (χ1n) is 11.3. The van der Waals surface area contributed by atoms with E-state index in [-0.39, 0.29) is 12.1 Å². The number of benzene rings is 2. The second kappa shape index (κ2) is 9.68. The molecule has 2 unspecified atom stereocenters. The van der Waals surface area contributed by atoms with Crippen molar-refractivity contribution < 1.29 is 4.74 Å². The number of rotatable bonds is 7. The van der Waals surface area contributed by atoms with Gasteiger partial charge in [0.05, 0.1) is 18.7 Å². The lowest BCUT2D eigenvalue weighted by Crippen LogP contribution is -2.48. The molecule has 0 saturated carbocycles. The zero-order valence-electron chi connectivity index (χ0n) is 17.9. The first-order chi connectivity index (χ1) is 15.4. The fourth-order valence-electron chi connectivity index (χ4n) is 4.70. The summed E-state index contributed by atoms with van der Waals surface area (Å²) in [6.07, 6.45) is 2.41. The molecule has 2 fully saturated rings. The van der Waals surface area contributed by atoms with Crippen LogP contribution in [-0.4, -0.2) is 68.9 Å². The molecule has 0 aliphatic carbocycles. The topological polar surface area (TPSA) is 59.3 Å². The van der Waals surface area contributed by atoms with Crippen LogP contribution in [0.15, 0.2) is 60.7 Å². The summed E-state index contributed by atoms with van der Waals surface area (Å²) in [5, 5.41) is 12.9. The van der Waals surface area contributed by atoms with E-state index in [2.05, 4.69) is 86.0 Å². The van der Waals surface area contributed by atoms with Crippen molar-refractivity contribution in [3.05, 3.63) is 77.6 Å². The molecule has 1 aromatic heterocycles. The molecule has 7 heteroatoms. The maximum absolute atomic E-state index is 5.85. The molecule has 3 heterocycles. The summed E-state index contributed by atoms with van der Waals surface area (Å²) in [7, 11) is 0. The monoisotopic (exact) mass is 418 g/mol. The molecule has 0 N–H and O–H groups in total. The average molecular weight is 419 g/mol. The predicted molar refractivity (Wildman–Crippen MR) is 118 cm³/mol. The second-order valence-electron chi connectivity index (χ2n) is 8.47. The molecule has 2 aliphatic rings. The third-order valence-electron chi connectivity index (χ3n) is 6.34. The Balaban J connectivity index is 1.33. The van der Waals surface area contributed by atoms with Gasteiger partial charge in [-0.3, -0.25) is 9.80 Å². The molecule has 31 heavy (non-hydrogen) atoms. The normalized spacial score (nSPS) is 21.4. The highest BCUT2D eigenvalue weighted by Crippen LogP contribution is 2.29. The van der Waals surface area contributed by atoms with E-state index in [1.54, 1.807) is 0 Å². The Bertz CT molecular complexity index is 933. The van der Waals surface area contributed by atoms with Crippen LogP contribution in [0.4, 0.5) is 0 Å². The van der Waals surface area contributed by atoms with Crippen LogP contribution in [0.3, 0.4) is 0 Å². The Morgan fingerprint density at radius 2 is 1.68 bits per heavy atom. The number of ether oxygens (including phenoxy) is 1. The molecule has 162 valence electrons. The van der Waals surface area contributed by atoms with Crippen LogP contribution < -0.4 is 0 Å². The molecule has 5 rings (SSSR count). The van der Waals surface area contributed by atoms with Crippen LogP contribution in [-0.2, 0) is 17.8 Å². The standard InChI is InChI=1S/C24H30N6O/c1-3-8-20(9-4-1)18-28-13-15-29(16-14-28)23(21-10-5-2-6-11-21)24-25-26-27-30(24)19-22-12-7-17-31-22/h1-6,8-11,22-23H,7,12-19H2. The van der Waals surface area contributed by atoms with Gasteiger partial charge in [0.2, 0.25) is 0 Å². The molecule has 0 radical (unpaired) electrons. The van der Waals surface area contributed by atoms with Crippen LogP contribution in [0.5, 0.6) is 0 Å². The second-order valence-corrected chi connectivity index (χ2v) is 8.47. The Labute approximate surface area is 183 Å². The van der Waals surface area contributed by atoms with E-state index in [0.29, 0.717) is 0 Å². The summed E-state index contributed by atoms with van der Waals surface area (Å²) in [6, 6.07) is 21.4. The van der Waals surface area contributed by atoms with Gasteiger partial charge in [0.15, 0.2) is 5.82 Å². The van der Waals surface area contributed by atoms with Crippen molar-refractivity contribution in [3.63, 3.8) is 0 Å². The Morgan fingerprint density at radius 1 is 0.935 bits per heavy atom. The molecular weight excluding hydrogens is 388 g/mol. The van der Waals surface area contributed by atoms with Crippen molar-refractivity contribution in [2.24, 2.45) is 0 Å². The lowest BCUT2D eigenvalue weighted by molar-refractivity contribution is 0.0842. The Hall–Kier alpha value is -2.61. The zero-order chi connectivity index (χ0) is 20.9. The van der Waals surface area contributed by atoms with Gasteiger partial charge in [-0.15, -0.1) is 5.10 Å². The molecule has 2 aromatic carbocycles. The van der Waals surface area contributed by atoms with E-state index >= 15 is 0 Å². The van der Waals surface area contributed by atoms with Crippen LogP contribution in [0.2, 0.25) is 0 Å². The van der Waals surface area contributed by atoms with Crippen molar-refractivity contribution in [2.75, 3.05) is 32.8 Å². The van der Waals surface area contributed by atoms with Crippen LogP contribution in [0, 0.1) is 0 Å². The van der Waals surface area contributed by atoms with E-state index in [1.165, 1.54) is 11.1 Å². The van der Waals surface area contributed by atoms with Crippen molar-refractivity contribution in [1.29, 1.82) is 0 Å². The fraction of sp³-hybridized carbons (Fsp3) is 0.458. The minimum absolute atomic E-state index is 0.0523. The highest BCUT2D eigenvalue weighted by atomic mass is 16.5. The quantitative estimate of drug-likeness (QED) is 0.588. The highest BCUT2D eigenvalue weighted by Gasteiger charge is 2.31. The molecular formula is C24H30N6O. The van der Waals surface area contributed by atoms with Crippen molar-refractivity contribution in [1.82, 2.24) is 30.0 Å². The van der Waals surface area contributed by atoms with E-state index in [1.807, 2.05) is 4.68 Å². The van der Waals surface area contributed by atoms with Crippen LogP contribution in [0.25, 0.3) is 0 Å². The van der Waals surface area contributed by atoms with Crippen LogP contribution >= 0.6 is 0 Å². The van der Waals surface area contributed by atoms with E-state index in [9.17, 15) is 0 Å². The molecule has 0 bridgehead atoms. The molecule has 0 spiro atoms. The number of nitrogens with zero attached hydrogens (tertiary/aromatic N) is 6. The van der Waals surface area contributed by atoms with Crippen molar-refractivity contribution in [2.45, 2.75) is 38.1 Å². The van der Waals surface area contributed by atoms with Gasteiger partial charge in [-0.25, -0.2) is 4.68 Å². The van der Waals surface area contributed by atoms with E-state index < -0.39 is 0 Å². The summed E-state index contributed by atoms with van der Waals surface area (Å²) in [5.41, 5.74) is 2.61. The molecule has 7 nitrogen and oxygen atoms in total. The third-order valence-corrected chi connectivity index (χ3v) is 6.34. The van der Waals surface area contributed by atoms with Gasteiger partial charge in [-0.1, -0.05) is 60.7 Å². The average Bonchev–Trinajstić information content (AvgIpc) is 3.50. The number of tetrazole rings is 1. The number of piperazine rings is 1. The van der Waals surface area contributed by atoms with Gasteiger partial charge in [0, 0.05) is 39.3 Å². The predicted octanol–water partition coefficient (Wildman–Crippen LogP) is 2.76. The van der Waals surface area contributed by atoms with Gasteiger partial charge < -0.3 is 4.74 Å². The highest BCUT2D eigenvalue weighted by molar-refractivity contribution is 5.25. The Morgan fingerprint density at radius 3 is 2.39 bits per heavy atom. The fourth-order valence-corrected chi connectivity index (χ4v) is 4.70. The molecule has 2 saturated heterocycles. The molecule has 0 amide bonds. The van der Waals surface area contributed by atoms with Gasteiger partial charge in [-0.2, -0.15) is 0 Å². The minimum Gasteiger partial charge on any atom is -0.376 e. The number of hydrogen-bond acceptors (Lipinski definition) is 6. The largest absolute Gasteiger partial charge is 0.376 e. The molecule has 2 atom stereocenters. The van der Waals surface area contributed by atoms with E-state index in [4.69, 9.17) is 4.74 Å². The SMILES string of the molecule is c1ccc(CN2CCN(C(c3ccccc3)c3nnnn3CC3CCCO3)CC2)cc1. The molecule has 3 aromatic rings. The maximum atomic E-state index is 5.85. The first-order valence-corrected chi connectivity index (χ1v) is 11.3. The van der Waals surface area contributed by atoms with Gasteiger partial charge in [0.1, 0.15) is 0 Å². The lowest BCUT2D eigenvalue weighted by atomic mass is 10.0. The van der Waals surface area contributed by atoms with Gasteiger partial charge in [-0.05, 0) is 34.4 Å². The van der Waals surface area contributed by atoms with Gasteiger partial charge >= 0.3 is 0 Å². The number of aromatic nitrogens is 4. The summed E-state index contributed by atoms with van der Waals surface area (Å²) >= 11 is 0. The summed E-state index contributed by atoms with van der Waals surface area (Å²) < 4.78 is 7.81. The third kappa shape index (κ3) is 4.84. The summed E-state index contributed by atoms with van der Waals surface area (Å²) in [6.45, 7) is 6.60. The Kier molecular flexibility index (Phi) is 6.34. The lowest BCUT2D eigenvalue weighted by Gasteiger charge is -2.39. The van der Waals surface area contributed by atoms with Crippen molar-refractivity contribution in [3.8, 4) is 0 Å². The van der Waals surface area contributed by atoms with Gasteiger partial charge in [0.25, 0.3) is 0 Å². The number of hydrogen-bond donors (Lipinski definition) is 0. The zero-order valence-corrected chi connectivity index (χ0v) is 17.9. The van der Waals surface area contributed by atoms with Crippen LogP contribution in [0.1, 0.15) is 35.8 Å². The maximum Gasteiger partial charge on any atom is 0.173 e. The smallest absolute Gasteiger partial charge is 0.173 e. The first kappa shape index (κ1) is 20.3. The van der Waals surface area contributed by atoms with Crippen molar-refractivity contribution >= 4 is 0 Å². The van der Waals surface area contributed by atoms with E-state index in [0.717, 1.165) is 64.5 Å². The molecule has 2 aliphatic heterocycles. The minimum atomic E-state index is 0.0523.